The zero-order valence-corrected chi connectivity index (χ0v) is 13.3. The van der Waals surface area contributed by atoms with E-state index in [4.69, 9.17) is 5.73 Å². The second-order valence-corrected chi connectivity index (χ2v) is 6.24. The molecule has 0 aliphatic carbocycles. The highest BCUT2D eigenvalue weighted by Crippen LogP contribution is 2.11. The molecule has 7 heteroatoms. The fraction of sp³-hybridized carbons (Fsp3) is 0.538. The van der Waals surface area contributed by atoms with Gasteiger partial charge < -0.3 is 15.4 Å². The largest absolute Gasteiger partial charge is 0.468 e. The Balaban J connectivity index is 2.18. The number of amides is 1. The number of carbonyl (C=O) groups excluding carboxylic acids is 2. The van der Waals surface area contributed by atoms with Crippen LogP contribution in [0.5, 0.6) is 0 Å². The molecule has 0 saturated heterocycles. The predicted molar refractivity (Wildman–Crippen MR) is 82.7 cm³/mol. The lowest BCUT2D eigenvalue weighted by Crippen LogP contribution is -2.32. The van der Waals surface area contributed by atoms with Gasteiger partial charge in [-0.1, -0.05) is 0 Å². The van der Waals surface area contributed by atoms with Crippen molar-refractivity contribution in [2.75, 3.05) is 25.7 Å². The number of rotatable bonds is 8. The highest BCUT2D eigenvalue weighted by atomic mass is 32.2. The van der Waals surface area contributed by atoms with Crippen LogP contribution in [0.1, 0.15) is 12.0 Å². The molecule has 0 radical (unpaired) electrons. The molecule has 0 aliphatic rings. The van der Waals surface area contributed by atoms with Crippen LogP contribution in [-0.2, 0) is 20.9 Å². The summed E-state index contributed by atoms with van der Waals surface area (Å²) in [5, 5.41) is 4.03. The van der Waals surface area contributed by atoms with Crippen LogP contribution < -0.4 is 5.73 Å². The first kappa shape index (κ1) is 17.0. The van der Waals surface area contributed by atoms with Crippen molar-refractivity contribution in [1.29, 1.82) is 0 Å². The van der Waals surface area contributed by atoms with Gasteiger partial charge in [0.05, 0.1) is 12.9 Å². The Hall–Kier alpha value is -1.05. The zero-order chi connectivity index (χ0) is 15.0. The van der Waals surface area contributed by atoms with Crippen LogP contribution in [0.25, 0.3) is 0 Å². The molecule has 0 fully saturated rings. The minimum absolute atomic E-state index is 0.0767. The number of esters is 1. The van der Waals surface area contributed by atoms with Crippen LogP contribution in [0, 0.1) is 0 Å². The summed E-state index contributed by atoms with van der Waals surface area (Å²) < 4.78 is 4.54. The summed E-state index contributed by atoms with van der Waals surface area (Å²) in [6.45, 7) is 0.630. The van der Waals surface area contributed by atoms with Gasteiger partial charge in [-0.15, -0.1) is 0 Å². The summed E-state index contributed by atoms with van der Waals surface area (Å²) in [5.74, 6) is 0.724. The molecular formula is C13H20N2O3S2. The van der Waals surface area contributed by atoms with E-state index in [0.717, 1.165) is 5.56 Å². The first-order valence-corrected chi connectivity index (χ1v) is 8.30. The van der Waals surface area contributed by atoms with E-state index < -0.39 is 12.0 Å². The standard InChI is InChI=1S/C13H20N2O3S2/c1-15(7-10-3-5-19-8-10)12(16)9-20-6-4-11(14)13(17)18-2/h3,5,8,11H,4,6-7,9,14H2,1-2H3. The lowest BCUT2D eigenvalue weighted by atomic mass is 10.2. The van der Waals surface area contributed by atoms with E-state index in [9.17, 15) is 9.59 Å². The first-order chi connectivity index (χ1) is 9.54. The summed E-state index contributed by atoms with van der Waals surface area (Å²) in [5.41, 5.74) is 6.75. The average molecular weight is 316 g/mol. The van der Waals surface area contributed by atoms with E-state index in [1.165, 1.54) is 18.9 Å². The number of ether oxygens (including phenoxy) is 1. The van der Waals surface area contributed by atoms with E-state index in [1.807, 2.05) is 16.8 Å². The molecule has 20 heavy (non-hydrogen) atoms. The molecule has 5 nitrogen and oxygen atoms in total. The molecule has 1 unspecified atom stereocenters. The smallest absolute Gasteiger partial charge is 0.322 e. The number of nitrogens with zero attached hydrogens (tertiary/aromatic N) is 1. The maximum atomic E-state index is 11.9. The SMILES string of the molecule is COC(=O)C(N)CCSCC(=O)N(C)Cc1ccsc1. The van der Waals surface area contributed by atoms with Crippen LogP contribution in [0.2, 0.25) is 0 Å². The molecule has 1 aromatic heterocycles. The number of hydrogen-bond acceptors (Lipinski definition) is 6. The number of methoxy groups -OCH3 is 1. The Morgan fingerprint density at radius 3 is 2.90 bits per heavy atom. The van der Waals surface area contributed by atoms with Crippen molar-refractivity contribution in [1.82, 2.24) is 4.90 Å². The first-order valence-electron chi connectivity index (χ1n) is 6.20. The lowest BCUT2D eigenvalue weighted by molar-refractivity contribution is -0.142. The van der Waals surface area contributed by atoms with E-state index in [1.54, 1.807) is 23.3 Å². The maximum Gasteiger partial charge on any atom is 0.322 e. The monoisotopic (exact) mass is 316 g/mol. The molecule has 0 bridgehead atoms. The molecule has 0 aromatic carbocycles. The van der Waals surface area contributed by atoms with E-state index in [0.29, 0.717) is 24.5 Å². The van der Waals surface area contributed by atoms with E-state index >= 15 is 0 Å². The molecular weight excluding hydrogens is 296 g/mol. The topological polar surface area (TPSA) is 72.6 Å². The molecule has 1 rings (SSSR count). The highest BCUT2D eigenvalue weighted by molar-refractivity contribution is 7.99. The maximum absolute atomic E-state index is 11.9. The van der Waals surface area contributed by atoms with E-state index in [-0.39, 0.29) is 5.91 Å². The lowest BCUT2D eigenvalue weighted by Gasteiger charge is -2.16. The normalized spacial score (nSPS) is 11.9. The van der Waals surface area contributed by atoms with Crippen molar-refractivity contribution in [3.8, 4) is 0 Å². The van der Waals surface area contributed by atoms with Gasteiger partial charge in [0.25, 0.3) is 0 Å². The minimum Gasteiger partial charge on any atom is -0.468 e. The molecule has 112 valence electrons. The van der Waals surface area contributed by atoms with Gasteiger partial charge >= 0.3 is 5.97 Å². The molecule has 0 aliphatic heterocycles. The Labute approximate surface area is 127 Å². The molecule has 1 aromatic rings. The third-order valence-electron chi connectivity index (χ3n) is 2.73. The van der Waals surface area contributed by atoms with Gasteiger partial charge in [0.2, 0.25) is 5.91 Å². The highest BCUT2D eigenvalue weighted by Gasteiger charge is 2.14. The number of thiophene rings is 1. The third kappa shape index (κ3) is 5.94. The van der Waals surface area contributed by atoms with Gasteiger partial charge in [-0.3, -0.25) is 9.59 Å². The Morgan fingerprint density at radius 2 is 2.30 bits per heavy atom. The molecule has 1 atom stereocenters. The van der Waals surface area contributed by atoms with Gasteiger partial charge in [0.1, 0.15) is 6.04 Å². The number of carbonyl (C=O) groups is 2. The molecule has 0 spiro atoms. The van der Waals surface area contributed by atoms with Crippen molar-refractivity contribution in [3.05, 3.63) is 22.4 Å². The minimum atomic E-state index is -0.605. The van der Waals surface area contributed by atoms with Crippen LogP contribution in [-0.4, -0.2) is 48.5 Å². The summed E-state index contributed by atoms with van der Waals surface area (Å²) in [7, 11) is 3.11. The second kappa shape index (κ2) is 8.99. The Kier molecular flexibility index (Phi) is 7.64. The van der Waals surface area contributed by atoms with Gasteiger partial charge in [-0.2, -0.15) is 23.1 Å². The van der Waals surface area contributed by atoms with Crippen molar-refractivity contribution in [2.24, 2.45) is 5.73 Å². The molecule has 0 saturated carbocycles. The van der Waals surface area contributed by atoms with E-state index in [2.05, 4.69) is 4.74 Å². The molecule has 1 amide bonds. The Morgan fingerprint density at radius 1 is 1.55 bits per heavy atom. The van der Waals surface area contributed by atoms with Crippen molar-refractivity contribution in [3.63, 3.8) is 0 Å². The van der Waals surface area contributed by atoms with Gasteiger partial charge in [-0.25, -0.2) is 0 Å². The zero-order valence-electron chi connectivity index (χ0n) is 11.7. The number of hydrogen-bond donors (Lipinski definition) is 1. The van der Waals surface area contributed by atoms with Gasteiger partial charge in [0, 0.05) is 13.6 Å². The summed E-state index contributed by atoms with van der Waals surface area (Å²) in [6, 6.07) is 1.41. The number of nitrogens with two attached hydrogens (primary N) is 1. The second-order valence-electron chi connectivity index (χ2n) is 4.35. The van der Waals surface area contributed by atoms with Crippen LogP contribution in [0.4, 0.5) is 0 Å². The summed E-state index contributed by atoms with van der Waals surface area (Å²) in [6.07, 6.45) is 0.513. The van der Waals surface area contributed by atoms with Gasteiger partial charge in [-0.05, 0) is 34.6 Å². The van der Waals surface area contributed by atoms with Crippen LogP contribution >= 0.6 is 23.1 Å². The number of thioether (sulfide) groups is 1. The fourth-order valence-corrected chi connectivity index (χ4v) is 3.11. The van der Waals surface area contributed by atoms with Crippen LogP contribution in [0.15, 0.2) is 16.8 Å². The fourth-order valence-electron chi connectivity index (χ4n) is 1.49. The van der Waals surface area contributed by atoms with Crippen LogP contribution in [0.3, 0.4) is 0 Å². The summed E-state index contributed by atoms with van der Waals surface area (Å²) >= 11 is 3.10. The van der Waals surface area contributed by atoms with Gasteiger partial charge in [0.15, 0.2) is 0 Å². The summed E-state index contributed by atoms with van der Waals surface area (Å²) in [4.78, 5) is 24.7. The van der Waals surface area contributed by atoms with Crippen molar-refractivity contribution >= 4 is 35.0 Å². The van der Waals surface area contributed by atoms with Crippen molar-refractivity contribution in [2.45, 2.75) is 19.0 Å². The Bertz CT molecular complexity index is 423. The molecule has 2 N–H and O–H groups in total. The third-order valence-corrected chi connectivity index (χ3v) is 4.44. The quantitative estimate of drug-likeness (QED) is 0.578. The molecule has 1 heterocycles. The predicted octanol–water partition coefficient (Wildman–Crippen LogP) is 1.33. The van der Waals surface area contributed by atoms with Crippen molar-refractivity contribution < 1.29 is 14.3 Å². The average Bonchev–Trinajstić information content (AvgIpc) is 2.94.